The molecule has 124 valence electrons. The molecule has 0 aromatic carbocycles. The van der Waals surface area contributed by atoms with E-state index in [0.717, 1.165) is 45.4 Å². The van der Waals surface area contributed by atoms with E-state index in [2.05, 4.69) is 17.0 Å². The third-order valence-electron chi connectivity index (χ3n) is 4.41. The van der Waals surface area contributed by atoms with Crippen molar-refractivity contribution in [3.63, 3.8) is 0 Å². The van der Waals surface area contributed by atoms with E-state index in [4.69, 9.17) is 4.74 Å². The lowest BCUT2D eigenvalue weighted by Crippen LogP contribution is -2.47. The Labute approximate surface area is 128 Å². The Morgan fingerprint density at radius 1 is 1.14 bits per heavy atom. The van der Waals surface area contributed by atoms with Gasteiger partial charge in [0, 0.05) is 26.2 Å². The lowest BCUT2D eigenvalue weighted by atomic mass is 9.98. The number of piperidine rings is 1. The predicted octanol–water partition coefficient (Wildman–Crippen LogP) is 0.569. The van der Waals surface area contributed by atoms with Crippen LogP contribution >= 0.6 is 0 Å². The fraction of sp³-hybridized carbons (Fsp3) is 1.00. The minimum absolute atomic E-state index is 0.319. The largest absolute Gasteiger partial charge is 0.381 e. The summed E-state index contributed by atoms with van der Waals surface area (Å²) >= 11 is 0. The third kappa shape index (κ3) is 5.49. The van der Waals surface area contributed by atoms with E-state index >= 15 is 0 Å². The summed E-state index contributed by atoms with van der Waals surface area (Å²) in [5.41, 5.74) is 0. The molecule has 1 atom stereocenters. The minimum Gasteiger partial charge on any atom is -0.381 e. The summed E-state index contributed by atoms with van der Waals surface area (Å²) in [4.78, 5) is 0. The average Bonchev–Trinajstić information content (AvgIpc) is 2.52. The van der Waals surface area contributed by atoms with Crippen LogP contribution < -0.4 is 10.0 Å². The van der Waals surface area contributed by atoms with Crippen molar-refractivity contribution in [1.82, 2.24) is 14.3 Å². The topological polar surface area (TPSA) is 70.7 Å². The maximum Gasteiger partial charge on any atom is 0.279 e. The number of hydrogen-bond acceptors (Lipinski definition) is 4. The van der Waals surface area contributed by atoms with Gasteiger partial charge in [0.15, 0.2) is 0 Å². The molecular weight excluding hydrogens is 290 g/mol. The molecule has 0 aliphatic carbocycles. The van der Waals surface area contributed by atoms with Crippen LogP contribution in [0.4, 0.5) is 0 Å². The normalized spacial score (nSPS) is 26.0. The Kier molecular flexibility index (Phi) is 6.88. The van der Waals surface area contributed by atoms with Gasteiger partial charge in [0.05, 0.1) is 6.61 Å². The van der Waals surface area contributed by atoms with Crippen LogP contribution in [0.5, 0.6) is 0 Å². The highest BCUT2D eigenvalue weighted by Crippen LogP contribution is 2.19. The van der Waals surface area contributed by atoms with Gasteiger partial charge in [-0.3, -0.25) is 0 Å². The van der Waals surface area contributed by atoms with E-state index in [1.165, 1.54) is 0 Å². The van der Waals surface area contributed by atoms with Crippen molar-refractivity contribution in [3.05, 3.63) is 0 Å². The zero-order chi connectivity index (χ0) is 15.1. The summed E-state index contributed by atoms with van der Waals surface area (Å²) in [7, 11) is -3.32. The first kappa shape index (κ1) is 17.1. The molecule has 0 aromatic rings. The summed E-state index contributed by atoms with van der Waals surface area (Å²) in [6, 6.07) is 0. The van der Waals surface area contributed by atoms with Gasteiger partial charge < -0.3 is 10.1 Å². The van der Waals surface area contributed by atoms with Gasteiger partial charge in [-0.1, -0.05) is 6.92 Å². The molecule has 0 spiro atoms. The molecule has 2 heterocycles. The second kappa shape index (κ2) is 8.43. The maximum atomic E-state index is 12.3. The molecule has 0 bridgehead atoms. The molecule has 2 N–H and O–H groups in total. The van der Waals surface area contributed by atoms with Gasteiger partial charge in [0.25, 0.3) is 10.2 Å². The van der Waals surface area contributed by atoms with E-state index in [0.29, 0.717) is 38.1 Å². The predicted molar refractivity (Wildman–Crippen MR) is 83.3 cm³/mol. The molecule has 0 saturated carbocycles. The summed E-state index contributed by atoms with van der Waals surface area (Å²) in [5, 5.41) is 3.34. The quantitative estimate of drug-likeness (QED) is 0.720. The Balaban J connectivity index is 1.72. The fourth-order valence-corrected chi connectivity index (χ4v) is 4.31. The second-order valence-corrected chi connectivity index (χ2v) is 7.84. The molecule has 0 aromatic heterocycles. The Morgan fingerprint density at radius 3 is 2.52 bits per heavy atom. The number of hydrogen-bond donors (Lipinski definition) is 2. The van der Waals surface area contributed by atoms with Crippen molar-refractivity contribution < 1.29 is 13.2 Å². The first-order chi connectivity index (χ1) is 10.1. The van der Waals surface area contributed by atoms with Crippen LogP contribution in [0.3, 0.4) is 0 Å². The van der Waals surface area contributed by atoms with Crippen molar-refractivity contribution in [2.75, 3.05) is 45.9 Å². The van der Waals surface area contributed by atoms with E-state index < -0.39 is 10.2 Å². The van der Waals surface area contributed by atoms with Gasteiger partial charge >= 0.3 is 0 Å². The van der Waals surface area contributed by atoms with Gasteiger partial charge in [0.2, 0.25) is 0 Å². The van der Waals surface area contributed by atoms with Crippen LogP contribution in [0, 0.1) is 11.8 Å². The van der Waals surface area contributed by atoms with Gasteiger partial charge in [-0.25, -0.2) is 4.72 Å². The summed E-state index contributed by atoms with van der Waals surface area (Å²) in [6.45, 7) is 7.31. The summed E-state index contributed by atoms with van der Waals surface area (Å²) in [6.07, 6.45) is 3.97. The summed E-state index contributed by atoms with van der Waals surface area (Å²) in [5.74, 6) is 0.919. The SMILES string of the molecule is CCNCC1CCN(S(=O)(=O)NCC2CCCOC2)CC1. The van der Waals surface area contributed by atoms with Crippen molar-refractivity contribution in [2.24, 2.45) is 11.8 Å². The Hall–Kier alpha value is -0.210. The zero-order valence-electron chi connectivity index (χ0n) is 13.0. The van der Waals surface area contributed by atoms with Crippen molar-refractivity contribution in [2.45, 2.75) is 32.6 Å². The monoisotopic (exact) mass is 319 g/mol. The Bertz CT molecular complexity index is 388. The van der Waals surface area contributed by atoms with Crippen molar-refractivity contribution in [3.8, 4) is 0 Å². The smallest absolute Gasteiger partial charge is 0.279 e. The Morgan fingerprint density at radius 2 is 1.90 bits per heavy atom. The lowest BCUT2D eigenvalue weighted by Gasteiger charge is -2.32. The standard InChI is InChI=1S/C14H29N3O3S/c1-2-15-10-13-5-7-17(8-6-13)21(18,19)16-11-14-4-3-9-20-12-14/h13-16H,2-12H2,1H3. The number of nitrogens with zero attached hydrogens (tertiary/aromatic N) is 1. The highest BCUT2D eigenvalue weighted by molar-refractivity contribution is 7.87. The lowest BCUT2D eigenvalue weighted by molar-refractivity contribution is 0.0566. The molecule has 2 rings (SSSR count). The molecule has 6 nitrogen and oxygen atoms in total. The van der Waals surface area contributed by atoms with Crippen LogP contribution in [-0.2, 0) is 14.9 Å². The van der Waals surface area contributed by atoms with E-state index in [9.17, 15) is 8.42 Å². The van der Waals surface area contributed by atoms with E-state index in [-0.39, 0.29) is 0 Å². The number of ether oxygens (including phenoxy) is 1. The highest BCUT2D eigenvalue weighted by Gasteiger charge is 2.28. The maximum absolute atomic E-state index is 12.3. The second-order valence-electron chi connectivity index (χ2n) is 6.09. The highest BCUT2D eigenvalue weighted by atomic mass is 32.2. The van der Waals surface area contributed by atoms with E-state index in [1.54, 1.807) is 4.31 Å². The van der Waals surface area contributed by atoms with E-state index in [1.807, 2.05) is 0 Å². The minimum atomic E-state index is -3.32. The molecule has 2 aliphatic heterocycles. The van der Waals surface area contributed by atoms with Crippen molar-refractivity contribution >= 4 is 10.2 Å². The van der Waals surface area contributed by atoms with Gasteiger partial charge in [-0.2, -0.15) is 12.7 Å². The molecule has 1 unspecified atom stereocenters. The van der Waals surface area contributed by atoms with Gasteiger partial charge in [-0.15, -0.1) is 0 Å². The molecule has 0 radical (unpaired) electrons. The molecule has 7 heteroatoms. The molecular formula is C14H29N3O3S. The van der Waals surface area contributed by atoms with Crippen LogP contribution in [0.1, 0.15) is 32.6 Å². The third-order valence-corrected chi connectivity index (χ3v) is 5.98. The van der Waals surface area contributed by atoms with Gasteiger partial charge in [-0.05, 0) is 50.6 Å². The van der Waals surface area contributed by atoms with Crippen LogP contribution in [0.2, 0.25) is 0 Å². The van der Waals surface area contributed by atoms with Crippen molar-refractivity contribution in [1.29, 1.82) is 0 Å². The first-order valence-electron chi connectivity index (χ1n) is 8.15. The van der Waals surface area contributed by atoms with Crippen LogP contribution in [-0.4, -0.2) is 58.7 Å². The molecule has 0 amide bonds. The fourth-order valence-electron chi connectivity index (χ4n) is 2.99. The van der Waals surface area contributed by atoms with Gasteiger partial charge in [0.1, 0.15) is 0 Å². The van der Waals surface area contributed by atoms with Crippen LogP contribution in [0.15, 0.2) is 0 Å². The molecule has 2 saturated heterocycles. The molecule has 2 fully saturated rings. The zero-order valence-corrected chi connectivity index (χ0v) is 13.8. The average molecular weight is 319 g/mol. The van der Waals surface area contributed by atoms with Crippen LogP contribution in [0.25, 0.3) is 0 Å². The summed E-state index contributed by atoms with van der Waals surface area (Å²) < 4.78 is 34.4. The molecule has 2 aliphatic rings. The number of rotatable bonds is 7. The first-order valence-corrected chi connectivity index (χ1v) is 9.59. The molecule has 21 heavy (non-hydrogen) atoms. The number of nitrogens with one attached hydrogen (secondary N) is 2.